The molecule has 3 rings (SSSR count). The Morgan fingerprint density at radius 2 is 1.73 bits per heavy atom. The molecule has 0 spiro atoms. The van der Waals surface area contributed by atoms with Gasteiger partial charge in [0.25, 0.3) is 0 Å². The molecule has 22 heavy (non-hydrogen) atoms. The van der Waals surface area contributed by atoms with Crippen molar-refractivity contribution in [2.24, 2.45) is 11.8 Å². The van der Waals surface area contributed by atoms with Crippen molar-refractivity contribution in [1.82, 2.24) is 0 Å². The van der Waals surface area contributed by atoms with Crippen molar-refractivity contribution in [3.05, 3.63) is 30.4 Å². The van der Waals surface area contributed by atoms with E-state index in [1.165, 1.54) is 0 Å². The summed E-state index contributed by atoms with van der Waals surface area (Å²) < 4.78 is 10.9. The Balaban J connectivity index is 1.73. The van der Waals surface area contributed by atoms with Crippen LogP contribution in [0.15, 0.2) is 30.4 Å². The highest BCUT2D eigenvalue weighted by molar-refractivity contribution is 5.95. The molecule has 1 aliphatic heterocycles. The standard InChI is InChI=1S/C16H17NO5/c18-15(11-3-1-2-4-12(11)16(19)20)17-10-5-6-13-14(9-10)22-8-7-21-13/h1-2,5-6,9,11-12H,3-4,7-8H2,(H,17,18)(H,19,20)/p-1/t11-,12+/m1/s1. The lowest BCUT2D eigenvalue weighted by atomic mass is 9.82. The maximum Gasteiger partial charge on any atom is 0.228 e. The number of aliphatic carboxylic acids is 1. The smallest absolute Gasteiger partial charge is 0.228 e. The topological polar surface area (TPSA) is 87.7 Å². The zero-order chi connectivity index (χ0) is 15.5. The van der Waals surface area contributed by atoms with Gasteiger partial charge in [0.1, 0.15) is 13.2 Å². The summed E-state index contributed by atoms with van der Waals surface area (Å²) in [5, 5.41) is 13.9. The summed E-state index contributed by atoms with van der Waals surface area (Å²) in [6.07, 6.45) is 4.32. The van der Waals surface area contributed by atoms with E-state index in [1.54, 1.807) is 24.3 Å². The average Bonchev–Trinajstić information content (AvgIpc) is 2.54. The summed E-state index contributed by atoms with van der Waals surface area (Å²) in [6.45, 7) is 0.963. The number of anilines is 1. The lowest BCUT2D eigenvalue weighted by molar-refractivity contribution is -0.313. The normalized spacial score (nSPS) is 22.9. The minimum Gasteiger partial charge on any atom is -0.550 e. The van der Waals surface area contributed by atoms with E-state index in [2.05, 4.69) is 5.32 Å². The van der Waals surface area contributed by atoms with Crippen LogP contribution in [-0.4, -0.2) is 25.1 Å². The third-order valence-electron chi connectivity index (χ3n) is 3.88. The van der Waals surface area contributed by atoms with Gasteiger partial charge < -0.3 is 24.7 Å². The number of carbonyl (C=O) groups excluding carboxylic acids is 2. The molecule has 2 atom stereocenters. The highest BCUT2D eigenvalue weighted by Crippen LogP contribution is 2.33. The quantitative estimate of drug-likeness (QED) is 0.832. The predicted octanol–water partition coefficient (Wildman–Crippen LogP) is 0.729. The van der Waals surface area contributed by atoms with E-state index in [9.17, 15) is 14.7 Å². The molecule has 2 aliphatic rings. The van der Waals surface area contributed by atoms with Gasteiger partial charge in [-0.3, -0.25) is 4.79 Å². The fraction of sp³-hybridized carbons (Fsp3) is 0.375. The first-order chi connectivity index (χ1) is 10.6. The van der Waals surface area contributed by atoms with Gasteiger partial charge in [0.2, 0.25) is 5.91 Å². The third-order valence-corrected chi connectivity index (χ3v) is 3.88. The number of hydrogen-bond donors (Lipinski definition) is 1. The van der Waals surface area contributed by atoms with Gasteiger partial charge in [-0.25, -0.2) is 0 Å². The highest BCUT2D eigenvalue weighted by Gasteiger charge is 2.30. The second-order valence-electron chi connectivity index (χ2n) is 5.32. The summed E-state index contributed by atoms with van der Waals surface area (Å²) in [4.78, 5) is 23.5. The number of nitrogens with one attached hydrogen (secondary N) is 1. The van der Waals surface area contributed by atoms with Crippen molar-refractivity contribution in [1.29, 1.82) is 0 Å². The zero-order valence-electron chi connectivity index (χ0n) is 11.9. The van der Waals surface area contributed by atoms with Gasteiger partial charge in [-0.2, -0.15) is 0 Å². The molecule has 116 valence electrons. The van der Waals surface area contributed by atoms with Gasteiger partial charge >= 0.3 is 0 Å². The number of carboxylic acid groups (broad SMARTS) is 1. The number of amides is 1. The number of benzene rings is 1. The predicted molar refractivity (Wildman–Crippen MR) is 76.4 cm³/mol. The number of hydrogen-bond acceptors (Lipinski definition) is 5. The number of ether oxygens (including phenoxy) is 2. The monoisotopic (exact) mass is 302 g/mol. The first kappa shape index (κ1) is 14.4. The molecule has 1 amide bonds. The van der Waals surface area contributed by atoms with Gasteiger partial charge in [-0.1, -0.05) is 12.2 Å². The summed E-state index contributed by atoms with van der Waals surface area (Å²) >= 11 is 0. The van der Waals surface area contributed by atoms with Crippen molar-refractivity contribution in [3.8, 4) is 11.5 Å². The van der Waals surface area contributed by atoms with Crippen molar-refractivity contribution in [2.45, 2.75) is 12.8 Å². The van der Waals surface area contributed by atoms with Crippen LogP contribution in [0.2, 0.25) is 0 Å². The first-order valence-electron chi connectivity index (χ1n) is 7.21. The number of fused-ring (bicyclic) bond motifs is 1. The van der Waals surface area contributed by atoms with Crippen LogP contribution in [0.25, 0.3) is 0 Å². The molecule has 0 saturated heterocycles. The van der Waals surface area contributed by atoms with Crippen LogP contribution in [0.1, 0.15) is 12.8 Å². The lowest BCUT2D eigenvalue weighted by Gasteiger charge is -2.28. The second kappa shape index (κ2) is 6.09. The molecular weight excluding hydrogens is 286 g/mol. The van der Waals surface area contributed by atoms with Crippen LogP contribution in [0.4, 0.5) is 5.69 Å². The molecule has 1 aliphatic carbocycles. The fourth-order valence-corrected chi connectivity index (χ4v) is 2.72. The van der Waals surface area contributed by atoms with E-state index in [-0.39, 0.29) is 5.91 Å². The molecular formula is C16H16NO5-. The van der Waals surface area contributed by atoms with E-state index < -0.39 is 17.8 Å². The van der Waals surface area contributed by atoms with Crippen LogP contribution < -0.4 is 19.9 Å². The highest BCUT2D eigenvalue weighted by atomic mass is 16.6. The molecule has 6 nitrogen and oxygen atoms in total. The first-order valence-corrected chi connectivity index (χ1v) is 7.21. The van der Waals surface area contributed by atoms with E-state index in [0.29, 0.717) is 43.2 Å². The molecule has 0 bridgehead atoms. The zero-order valence-corrected chi connectivity index (χ0v) is 11.9. The average molecular weight is 302 g/mol. The molecule has 1 heterocycles. The molecule has 0 fully saturated rings. The number of rotatable bonds is 3. The summed E-state index contributed by atoms with van der Waals surface area (Å²) in [7, 11) is 0. The Morgan fingerprint density at radius 1 is 1.05 bits per heavy atom. The Hall–Kier alpha value is -2.50. The van der Waals surface area contributed by atoms with Crippen molar-refractivity contribution < 1.29 is 24.2 Å². The molecule has 0 aromatic heterocycles. The number of carboxylic acids is 1. The minimum atomic E-state index is -1.19. The molecule has 1 aromatic rings. The largest absolute Gasteiger partial charge is 0.550 e. The molecule has 1 N–H and O–H groups in total. The maximum absolute atomic E-state index is 12.3. The molecule has 6 heteroatoms. The summed E-state index contributed by atoms with van der Waals surface area (Å²) in [5.41, 5.74) is 0.556. The minimum absolute atomic E-state index is 0.321. The van der Waals surface area contributed by atoms with Gasteiger partial charge in [0.15, 0.2) is 11.5 Å². The fourth-order valence-electron chi connectivity index (χ4n) is 2.72. The molecule has 1 aromatic carbocycles. The summed E-state index contributed by atoms with van der Waals surface area (Å²) in [6, 6.07) is 5.11. The number of carbonyl (C=O) groups is 2. The summed E-state index contributed by atoms with van der Waals surface area (Å²) in [5.74, 6) is -1.71. The van der Waals surface area contributed by atoms with Crippen molar-refractivity contribution in [2.75, 3.05) is 18.5 Å². The van der Waals surface area contributed by atoms with Gasteiger partial charge in [0, 0.05) is 23.6 Å². The van der Waals surface area contributed by atoms with E-state index >= 15 is 0 Å². The van der Waals surface area contributed by atoms with Crippen LogP contribution in [0, 0.1) is 11.8 Å². The van der Waals surface area contributed by atoms with E-state index in [0.717, 1.165) is 0 Å². The Labute approximate surface area is 127 Å². The van der Waals surface area contributed by atoms with E-state index in [4.69, 9.17) is 9.47 Å². The molecule has 0 unspecified atom stereocenters. The van der Waals surface area contributed by atoms with Crippen LogP contribution >= 0.6 is 0 Å². The lowest BCUT2D eigenvalue weighted by Crippen LogP contribution is -2.41. The Morgan fingerprint density at radius 3 is 2.45 bits per heavy atom. The second-order valence-corrected chi connectivity index (χ2v) is 5.32. The molecule has 0 radical (unpaired) electrons. The van der Waals surface area contributed by atoms with Gasteiger partial charge in [0.05, 0.1) is 5.92 Å². The Kier molecular flexibility index (Phi) is 4.00. The van der Waals surface area contributed by atoms with Crippen LogP contribution in [0.3, 0.4) is 0 Å². The number of allylic oxidation sites excluding steroid dienone is 2. The van der Waals surface area contributed by atoms with Crippen molar-refractivity contribution in [3.63, 3.8) is 0 Å². The van der Waals surface area contributed by atoms with Crippen LogP contribution in [0.5, 0.6) is 11.5 Å². The maximum atomic E-state index is 12.3. The van der Waals surface area contributed by atoms with Crippen LogP contribution in [-0.2, 0) is 9.59 Å². The van der Waals surface area contributed by atoms with Gasteiger partial charge in [-0.05, 0) is 25.0 Å². The third kappa shape index (κ3) is 2.90. The SMILES string of the molecule is O=C([O-])[C@H]1CC=CC[C@H]1C(=O)Nc1ccc2c(c1)OCCO2. The van der Waals surface area contributed by atoms with Gasteiger partial charge in [-0.15, -0.1) is 0 Å². The van der Waals surface area contributed by atoms with E-state index in [1.807, 2.05) is 6.08 Å². The molecule has 0 saturated carbocycles. The Bertz CT molecular complexity index is 625. The van der Waals surface area contributed by atoms with Crippen molar-refractivity contribution >= 4 is 17.6 Å².